The van der Waals surface area contributed by atoms with Crippen LogP contribution in [-0.2, 0) is 32.1 Å². The van der Waals surface area contributed by atoms with Crippen molar-refractivity contribution in [1.82, 2.24) is 20.5 Å². The van der Waals surface area contributed by atoms with E-state index in [0.717, 1.165) is 55.1 Å². The highest BCUT2D eigenvalue weighted by molar-refractivity contribution is 7.13. The van der Waals surface area contributed by atoms with Crippen molar-refractivity contribution in [3.05, 3.63) is 64.8 Å². The van der Waals surface area contributed by atoms with Gasteiger partial charge in [-0.2, -0.15) is 0 Å². The molecule has 0 spiro atoms. The fraction of sp³-hybridized carbons (Fsp3) is 0.526. The first kappa shape index (κ1) is 44.6. The number of carbonyl (C=O) groups excluding carboxylic acids is 3. The topological polar surface area (TPSA) is 153 Å². The van der Waals surface area contributed by atoms with Gasteiger partial charge in [0.25, 0.3) is 0 Å². The highest BCUT2D eigenvalue weighted by Crippen LogP contribution is 2.27. The Morgan fingerprint density at radius 3 is 2.36 bits per heavy atom. The normalized spacial score (nSPS) is 14.5. The lowest BCUT2D eigenvalue weighted by atomic mass is 9.67. The lowest BCUT2D eigenvalue weighted by molar-refractivity contribution is -0.129. The molecule has 0 saturated carbocycles. The lowest BCUT2D eigenvalue weighted by Gasteiger charge is -2.26. The van der Waals surface area contributed by atoms with Gasteiger partial charge in [-0.15, -0.1) is 11.3 Å². The number of nitrogens with zero attached hydrogens (tertiary/aromatic N) is 2. The fourth-order valence-electron chi connectivity index (χ4n) is 4.95. The molecule has 275 valence electrons. The standard InChI is InChI=1S/C18H29BN3O3.C12H14N2S.C6H11NO.C2H6/c1-18(2,3)16(11-23)22-17(24)12-25-7-4-13-8-14(19-5-6-20)10-15(21)9-13;1-9-12(15-8-14-9)11-5-3-10(4-6-11)7-13-2;1-7-4-2-3-6(7)5-8;1-2/h8-11,16H,4-7,12,20-21H2,1-3H3,(H,22,24);3-6,8,13H,7H2,1-2H3;5-6H,2-4H2,1H3;1-2H3. The zero-order valence-corrected chi connectivity index (χ0v) is 32.3. The number of amides is 1. The highest BCUT2D eigenvalue weighted by Gasteiger charge is 2.25. The summed E-state index contributed by atoms with van der Waals surface area (Å²) in [6.45, 7) is 14.7. The minimum absolute atomic E-state index is 0.0745. The third-order valence-corrected chi connectivity index (χ3v) is 8.79. The first-order valence-electron chi connectivity index (χ1n) is 17.5. The Labute approximate surface area is 305 Å². The minimum atomic E-state index is -0.529. The predicted octanol–water partition coefficient (Wildman–Crippen LogP) is 4.41. The maximum atomic E-state index is 11.9. The number of hydrogen-bond donors (Lipinski definition) is 4. The van der Waals surface area contributed by atoms with Gasteiger partial charge in [-0.1, -0.05) is 76.7 Å². The molecule has 12 heteroatoms. The predicted molar refractivity (Wildman–Crippen MR) is 210 cm³/mol. The van der Waals surface area contributed by atoms with Crippen molar-refractivity contribution < 1.29 is 19.1 Å². The summed E-state index contributed by atoms with van der Waals surface area (Å²) < 4.78 is 5.42. The van der Waals surface area contributed by atoms with Crippen LogP contribution in [0.4, 0.5) is 5.69 Å². The van der Waals surface area contributed by atoms with Crippen molar-refractivity contribution in [1.29, 1.82) is 0 Å². The van der Waals surface area contributed by atoms with Crippen LogP contribution in [0.15, 0.2) is 48.0 Å². The van der Waals surface area contributed by atoms with Crippen LogP contribution in [0.5, 0.6) is 0 Å². The van der Waals surface area contributed by atoms with E-state index in [0.29, 0.717) is 25.3 Å². The molecular formula is C38H60BN6O4S. The van der Waals surface area contributed by atoms with Crippen molar-refractivity contribution in [2.45, 2.75) is 85.8 Å². The number of hydrogen-bond acceptors (Lipinski definition) is 10. The summed E-state index contributed by atoms with van der Waals surface area (Å²) in [5, 5.41) is 5.82. The third-order valence-electron chi connectivity index (χ3n) is 7.81. The van der Waals surface area contributed by atoms with Crippen molar-refractivity contribution in [3.63, 3.8) is 0 Å². The van der Waals surface area contributed by atoms with Gasteiger partial charge in [-0.25, -0.2) is 4.98 Å². The van der Waals surface area contributed by atoms with Crippen LogP contribution < -0.4 is 27.6 Å². The number of nitrogen functional groups attached to an aromatic ring is 1. The van der Waals surface area contributed by atoms with E-state index in [1.165, 1.54) is 22.4 Å². The van der Waals surface area contributed by atoms with Crippen LogP contribution in [0.1, 0.15) is 64.3 Å². The molecule has 2 unspecified atom stereocenters. The zero-order chi connectivity index (χ0) is 37.5. The SMILES string of the molecule is CC.CC(C)(C)C(C=O)NC(=O)COCCc1cc(N)cc([B]CCN)c1.CN1CCCC1C=O.CNCc1ccc(-c2scnc2C)cc1. The molecule has 50 heavy (non-hydrogen) atoms. The Bertz CT molecular complexity index is 1400. The Kier molecular flexibility index (Phi) is 22.0. The molecule has 1 fully saturated rings. The van der Waals surface area contributed by atoms with Crippen LogP contribution in [0.3, 0.4) is 0 Å². The van der Waals surface area contributed by atoms with Crippen LogP contribution in [0, 0.1) is 12.3 Å². The molecular weight excluding hydrogens is 647 g/mol. The van der Waals surface area contributed by atoms with E-state index in [4.69, 9.17) is 16.2 Å². The molecule has 2 aromatic carbocycles. The second-order valence-corrected chi connectivity index (χ2v) is 13.8. The second-order valence-electron chi connectivity index (χ2n) is 13.0. The highest BCUT2D eigenvalue weighted by atomic mass is 32.1. The van der Waals surface area contributed by atoms with E-state index < -0.39 is 6.04 Å². The zero-order valence-electron chi connectivity index (χ0n) is 31.5. The number of aryl methyl sites for hydroxylation is 1. The largest absolute Gasteiger partial charge is 0.399 e. The number of ether oxygens (including phenoxy) is 1. The molecule has 1 aliphatic rings. The van der Waals surface area contributed by atoms with E-state index in [1.807, 2.05) is 86.6 Å². The van der Waals surface area contributed by atoms with Crippen molar-refractivity contribution >= 4 is 48.2 Å². The summed E-state index contributed by atoms with van der Waals surface area (Å²) in [7, 11) is 5.99. The lowest BCUT2D eigenvalue weighted by Crippen LogP contribution is -2.46. The molecule has 10 nitrogen and oxygen atoms in total. The summed E-state index contributed by atoms with van der Waals surface area (Å²) in [6, 6.07) is 14.2. The number of nitrogens with two attached hydrogens (primary N) is 2. The number of anilines is 1. The molecule has 1 radical (unpaired) electrons. The Morgan fingerprint density at radius 2 is 1.86 bits per heavy atom. The van der Waals surface area contributed by atoms with Gasteiger partial charge in [-0.3, -0.25) is 9.69 Å². The molecule has 1 aromatic heterocycles. The van der Waals surface area contributed by atoms with Crippen molar-refractivity contribution in [2.75, 3.05) is 46.1 Å². The number of nitrogens with one attached hydrogen (secondary N) is 2. The van der Waals surface area contributed by atoms with Gasteiger partial charge < -0.3 is 36.4 Å². The van der Waals surface area contributed by atoms with Gasteiger partial charge in [0, 0.05) is 12.2 Å². The number of benzene rings is 2. The number of likely N-dealkylation sites (tertiary alicyclic amines) is 1. The van der Waals surface area contributed by atoms with E-state index in [2.05, 4.69) is 44.8 Å². The van der Waals surface area contributed by atoms with E-state index in [1.54, 1.807) is 11.3 Å². The van der Waals surface area contributed by atoms with Crippen LogP contribution >= 0.6 is 11.3 Å². The number of aromatic nitrogens is 1. The van der Waals surface area contributed by atoms with Crippen molar-refractivity contribution in [2.24, 2.45) is 11.1 Å². The number of likely N-dealkylation sites (N-methyl/N-ethyl adjacent to an activating group) is 1. The number of aldehydes is 2. The summed E-state index contributed by atoms with van der Waals surface area (Å²) in [4.78, 5) is 40.7. The molecule has 2 atom stereocenters. The maximum absolute atomic E-state index is 11.9. The van der Waals surface area contributed by atoms with Crippen molar-refractivity contribution in [3.8, 4) is 10.4 Å². The average molecular weight is 708 g/mol. The molecule has 1 aliphatic heterocycles. The van der Waals surface area contributed by atoms with Gasteiger partial charge in [0.1, 0.15) is 19.2 Å². The number of carbonyl (C=O) groups is 3. The summed E-state index contributed by atoms with van der Waals surface area (Å²) in [5.74, 6) is -0.295. The van der Waals surface area contributed by atoms with Crippen LogP contribution in [0.2, 0.25) is 6.32 Å². The molecule has 1 saturated heterocycles. The third kappa shape index (κ3) is 17.0. The Morgan fingerprint density at radius 1 is 1.16 bits per heavy atom. The molecule has 3 aromatic rings. The van der Waals surface area contributed by atoms with Crippen LogP contribution in [0.25, 0.3) is 10.4 Å². The quantitative estimate of drug-likeness (QED) is 0.0827. The van der Waals surface area contributed by atoms with E-state index >= 15 is 0 Å². The van der Waals surface area contributed by atoms with Gasteiger partial charge in [-0.05, 0) is 87.6 Å². The smallest absolute Gasteiger partial charge is 0.246 e. The molecule has 6 N–H and O–H groups in total. The Balaban J connectivity index is 0.000000417. The van der Waals surface area contributed by atoms with Crippen LogP contribution in [-0.4, -0.2) is 88.1 Å². The second kappa shape index (κ2) is 24.7. The molecule has 1 amide bonds. The molecule has 2 heterocycles. The van der Waals surface area contributed by atoms with E-state index in [-0.39, 0.29) is 24.0 Å². The molecule has 0 aliphatic carbocycles. The maximum Gasteiger partial charge on any atom is 0.246 e. The summed E-state index contributed by atoms with van der Waals surface area (Å²) in [6.07, 6.45) is 5.47. The summed E-state index contributed by atoms with van der Waals surface area (Å²) >= 11 is 1.70. The minimum Gasteiger partial charge on any atom is -0.399 e. The summed E-state index contributed by atoms with van der Waals surface area (Å²) in [5.41, 5.74) is 19.4. The Hall–Kier alpha value is -3.42. The molecule has 4 rings (SSSR count). The first-order chi connectivity index (χ1) is 23.9. The van der Waals surface area contributed by atoms with Gasteiger partial charge >= 0.3 is 0 Å². The molecule has 0 bridgehead atoms. The first-order valence-corrected chi connectivity index (χ1v) is 18.3. The monoisotopic (exact) mass is 707 g/mol. The number of thiazole rings is 1. The fourth-order valence-corrected chi connectivity index (χ4v) is 5.76. The number of rotatable bonds is 14. The van der Waals surface area contributed by atoms with E-state index in [9.17, 15) is 14.4 Å². The average Bonchev–Trinajstić information content (AvgIpc) is 3.73. The van der Waals surface area contributed by atoms with Gasteiger partial charge in [0.2, 0.25) is 5.91 Å². The van der Waals surface area contributed by atoms with Gasteiger partial charge in [0.05, 0.1) is 34.8 Å². The van der Waals surface area contributed by atoms with Gasteiger partial charge in [0.15, 0.2) is 7.28 Å².